The predicted molar refractivity (Wildman–Crippen MR) is 72.6 cm³/mol. The van der Waals surface area contributed by atoms with Crippen molar-refractivity contribution in [3.63, 3.8) is 0 Å². The second-order valence-electron chi connectivity index (χ2n) is 5.91. The van der Waals surface area contributed by atoms with Crippen LogP contribution in [0, 0.1) is 5.92 Å². The van der Waals surface area contributed by atoms with Crippen molar-refractivity contribution in [2.75, 3.05) is 26.2 Å². The maximum absolute atomic E-state index is 13.4. The molecular formula is C15H18F2N2O2. The molecule has 0 unspecified atom stereocenters. The molecule has 6 heteroatoms. The summed E-state index contributed by atoms with van der Waals surface area (Å²) < 4.78 is 36.1. The van der Waals surface area contributed by atoms with Crippen LogP contribution < -0.4 is 14.8 Å². The van der Waals surface area contributed by atoms with Gasteiger partial charge in [0.15, 0.2) is 11.5 Å². The quantitative estimate of drug-likeness (QED) is 0.928. The number of nitrogens with one attached hydrogen (secondary N) is 1. The first-order chi connectivity index (χ1) is 10.1. The summed E-state index contributed by atoms with van der Waals surface area (Å²) in [6.45, 7) is 3.74. The zero-order chi connectivity index (χ0) is 14.4. The molecule has 0 aromatic heterocycles. The molecule has 1 atom stereocenters. The number of benzene rings is 1. The third kappa shape index (κ3) is 2.46. The number of alkyl halides is 2. The van der Waals surface area contributed by atoms with Gasteiger partial charge in [-0.25, -0.2) is 0 Å². The van der Waals surface area contributed by atoms with Gasteiger partial charge in [-0.3, -0.25) is 4.90 Å². The summed E-state index contributed by atoms with van der Waals surface area (Å²) in [6, 6.07) is 5.37. The van der Waals surface area contributed by atoms with E-state index in [4.69, 9.17) is 4.74 Å². The Kier molecular flexibility index (Phi) is 3.04. The average Bonchev–Trinajstić information content (AvgIpc) is 3.22. The smallest absolute Gasteiger partial charge is 0.395 e. The Hall–Kier alpha value is -1.40. The van der Waals surface area contributed by atoms with E-state index < -0.39 is 6.29 Å². The molecule has 2 aliphatic heterocycles. The normalized spacial score (nSPS) is 25.8. The molecule has 0 amide bonds. The number of fused-ring (bicyclic) bond motifs is 1. The van der Waals surface area contributed by atoms with E-state index in [2.05, 4.69) is 15.0 Å². The molecule has 0 radical (unpaired) electrons. The summed E-state index contributed by atoms with van der Waals surface area (Å²) in [5.74, 6) is 0.906. The van der Waals surface area contributed by atoms with Gasteiger partial charge >= 0.3 is 6.29 Å². The van der Waals surface area contributed by atoms with Crippen LogP contribution in [0.5, 0.6) is 11.5 Å². The zero-order valence-corrected chi connectivity index (χ0v) is 11.6. The van der Waals surface area contributed by atoms with E-state index in [0.717, 1.165) is 44.6 Å². The standard InChI is InChI=1S/C15H18F2N2O2/c16-15(17)20-12-3-1-2-11(14(12)21-15)13(10-4-5-10)19-8-6-18-7-9-19/h1-3,10,13,18H,4-9H2/t13-/m1/s1. The largest absolute Gasteiger partial charge is 0.586 e. The van der Waals surface area contributed by atoms with E-state index in [1.54, 1.807) is 12.1 Å². The van der Waals surface area contributed by atoms with Gasteiger partial charge in [-0.1, -0.05) is 12.1 Å². The maximum atomic E-state index is 13.4. The van der Waals surface area contributed by atoms with Gasteiger partial charge in [0.1, 0.15) is 0 Å². The fourth-order valence-corrected chi connectivity index (χ4v) is 3.34. The van der Waals surface area contributed by atoms with Crippen LogP contribution in [0.15, 0.2) is 18.2 Å². The number of nitrogens with zero attached hydrogens (tertiary/aromatic N) is 1. The number of hydrogen-bond acceptors (Lipinski definition) is 4. The molecule has 0 spiro atoms. The van der Waals surface area contributed by atoms with Crippen LogP contribution in [0.25, 0.3) is 0 Å². The number of halogens is 2. The molecule has 3 aliphatic rings. The van der Waals surface area contributed by atoms with Crippen LogP contribution in [0.4, 0.5) is 8.78 Å². The first-order valence-corrected chi connectivity index (χ1v) is 7.47. The molecule has 1 aliphatic carbocycles. The van der Waals surface area contributed by atoms with E-state index in [9.17, 15) is 8.78 Å². The van der Waals surface area contributed by atoms with Gasteiger partial charge in [-0.2, -0.15) is 0 Å². The Morgan fingerprint density at radius 3 is 2.67 bits per heavy atom. The number of rotatable bonds is 3. The molecule has 4 rings (SSSR count). The second kappa shape index (κ2) is 4.81. The van der Waals surface area contributed by atoms with Gasteiger partial charge in [-0.15, -0.1) is 8.78 Å². The summed E-state index contributed by atoms with van der Waals surface area (Å²) in [6.07, 6.45) is -1.25. The summed E-state index contributed by atoms with van der Waals surface area (Å²) in [5.41, 5.74) is 0.842. The fraction of sp³-hybridized carbons (Fsp3) is 0.600. The molecule has 2 fully saturated rings. The number of ether oxygens (including phenoxy) is 2. The summed E-state index contributed by atoms with van der Waals surface area (Å²) in [7, 11) is 0. The number of hydrogen-bond donors (Lipinski definition) is 1. The highest BCUT2D eigenvalue weighted by molar-refractivity contribution is 5.50. The third-order valence-electron chi connectivity index (χ3n) is 4.39. The van der Waals surface area contributed by atoms with Gasteiger partial charge in [0, 0.05) is 37.8 Å². The summed E-state index contributed by atoms with van der Waals surface area (Å²) in [4.78, 5) is 2.38. The van der Waals surface area contributed by atoms with Gasteiger partial charge < -0.3 is 14.8 Å². The lowest BCUT2D eigenvalue weighted by Gasteiger charge is -2.35. The Morgan fingerprint density at radius 1 is 1.19 bits per heavy atom. The van der Waals surface area contributed by atoms with Gasteiger partial charge in [-0.05, 0) is 24.8 Å². The fourth-order valence-electron chi connectivity index (χ4n) is 3.34. The molecule has 114 valence electrons. The highest BCUT2D eigenvalue weighted by atomic mass is 19.3. The highest BCUT2D eigenvalue weighted by Crippen LogP contribution is 2.52. The molecular weight excluding hydrogens is 278 g/mol. The van der Waals surface area contributed by atoms with E-state index in [0.29, 0.717) is 5.92 Å². The van der Waals surface area contributed by atoms with Gasteiger partial charge in [0.25, 0.3) is 0 Å². The van der Waals surface area contributed by atoms with Crippen molar-refractivity contribution in [1.29, 1.82) is 0 Å². The highest BCUT2D eigenvalue weighted by Gasteiger charge is 2.47. The van der Waals surface area contributed by atoms with Crippen molar-refractivity contribution in [2.45, 2.75) is 25.2 Å². The molecule has 1 saturated carbocycles. The topological polar surface area (TPSA) is 33.7 Å². The summed E-state index contributed by atoms with van der Waals surface area (Å²) in [5, 5.41) is 3.33. The molecule has 21 heavy (non-hydrogen) atoms. The Labute approximate surface area is 122 Å². The Balaban J connectivity index is 1.69. The van der Waals surface area contributed by atoms with Crippen molar-refractivity contribution in [3.8, 4) is 11.5 Å². The predicted octanol–water partition coefficient (Wildman–Crippen LogP) is 2.36. The van der Waals surface area contributed by atoms with E-state index in [1.807, 2.05) is 6.07 Å². The van der Waals surface area contributed by atoms with Crippen molar-refractivity contribution in [3.05, 3.63) is 23.8 Å². The average molecular weight is 296 g/mol. The van der Waals surface area contributed by atoms with Gasteiger partial charge in [0.2, 0.25) is 0 Å². The van der Waals surface area contributed by atoms with E-state index in [1.165, 1.54) is 0 Å². The van der Waals surface area contributed by atoms with Crippen LogP contribution in [0.3, 0.4) is 0 Å². The summed E-state index contributed by atoms with van der Waals surface area (Å²) >= 11 is 0. The van der Waals surface area contributed by atoms with Gasteiger partial charge in [0.05, 0.1) is 0 Å². The van der Waals surface area contributed by atoms with Crippen molar-refractivity contribution in [1.82, 2.24) is 10.2 Å². The monoisotopic (exact) mass is 296 g/mol. The number of para-hydroxylation sites is 1. The lowest BCUT2D eigenvalue weighted by atomic mass is 9.98. The minimum absolute atomic E-state index is 0.151. The molecule has 2 heterocycles. The molecule has 1 saturated heterocycles. The SMILES string of the molecule is FC1(F)Oc2cccc([C@@H](C3CC3)N3CCNCC3)c2O1. The maximum Gasteiger partial charge on any atom is 0.586 e. The molecule has 0 bridgehead atoms. The molecule has 1 aromatic rings. The van der Waals surface area contributed by atoms with Crippen molar-refractivity contribution < 1.29 is 18.3 Å². The van der Waals surface area contributed by atoms with Crippen LogP contribution >= 0.6 is 0 Å². The van der Waals surface area contributed by atoms with Crippen LogP contribution in [-0.2, 0) is 0 Å². The third-order valence-corrected chi connectivity index (χ3v) is 4.39. The van der Waals surface area contributed by atoms with Crippen LogP contribution in [0.2, 0.25) is 0 Å². The Bertz CT molecular complexity index is 542. The molecule has 1 N–H and O–H groups in total. The van der Waals surface area contributed by atoms with E-state index in [-0.39, 0.29) is 17.5 Å². The van der Waals surface area contributed by atoms with Crippen LogP contribution in [0.1, 0.15) is 24.4 Å². The Morgan fingerprint density at radius 2 is 1.95 bits per heavy atom. The number of piperazine rings is 1. The van der Waals surface area contributed by atoms with Crippen molar-refractivity contribution in [2.24, 2.45) is 5.92 Å². The molecule has 4 nitrogen and oxygen atoms in total. The second-order valence-corrected chi connectivity index (χ2v) is 5.91. The first-order valence-electron chi connectivity index (χ1n) is 7.47. The zero-order valence-electron chi connectivity index (χ0n) is 11.6. The van der Waals surface area contributed by atoms with E-state index >= 15 is 0 Å². The minimum Gasteiger partial charge on any atom is -0.395 e. The lowest BCUT2D eigenvalue weighted by molar-refractivity contribution is -0.287. The van der Waals surface area contributed by atoms with Crippen molar-refractivity contribution >= 4 is 0 Å². The minimum atomic E-state index is -3.55. The lowest BCUT2D eigenvalue weighted by Crippen LogP contribution is -2.45. The first kappa shape index (κ1) is 13.3. The van der Waals surface area contributed by atoms with Crippen LogP contribution in [-0.4, -0.2) is 37.4 Å². The molecule has 1 aromatic carbocycles.